The first-order valence-corrected chi connectivity index (χ1v) is 9.63. The fourth-order valence-corrected chi connectivity index (χ4v) is 3.24. The van der Waals surface area contributed by atoms with E-state index < -0.39 is 0 Å². The molecule has 0 fully saturated rings. The zero-order valence-corrected chi connectivity index (χ0v) is 16.4. The Hall–Kier alpha value is -2.92. The molecule has 0 bridgehead atoms. The highest BCUT2D eigenvalue weighted by atomic mass is 16.5. The molecule has 2 unspecified atom stereocenters. The number of nitrogens with two attached hydrogens (primary N) is 1. The Bertz CT molecular complexity index is 877. The van der Waals surface area contributed by atoms with E-state index in [2.05, 4.69) is 5.16 Å². The summed E-state index contributed by atoms with van der Waals surface area (Å²) in [4.78, 5) is 14.5. The van der Waals surface area contributed by atoms with Crippen molar-refractivity contribution in [1.29, 1.82) is 0 Å². The fraction of sp³-hybridized carbons (Fsp3) is 0.304. The van der Waals surface area contributed by atoms with Crippen LogP contribution in [-0.4, -0.2) is 29.6 Å². The third-order valence-corrected chi connectivity index (χ3v) is 5.03. The van der Waals surface area contributed by atoms with E-state index in [1.165, 1.54) is 0 Å². The average Bonchev–Trinajstić information content (AvgIpc) is 3.22. The van der Waals surface area contributed by atoms with Crippen LogP contribution in [0.5, 0.6) is 0 Å². The minimum absolute atomic E-state index is 0.0545. The molecule has 2 atom stereocenters. The lowest BCUT2D eigenvalue weighted by Gasteiger charge is -2.25. The highest BCUT2D eigenvalue weighted by Gasteiger charge is 2.24. The minimum Gasteiger partial charge on any atom is -0.361 e. The summed E-state index contributed by atoms with van der Waals surface area (Å²) in [5.74, 6) is 0.606. The zero-order valence-electron chi connectivity index (χ0n) is 16.4. The van der Waals surface area contributed by atoms with Crippen molar-refractivity contribution in [2.45, 2.75) is 25.8 Å². The fourth-order valence-electron chi connectivity index (χ4n) is 3.24. The van der Waals surface area contributed by atoms with Crippen molar-refractivity contribution in [2.75, 3.05) is 13.6 Å². The Kier molecular flexibility index (Phi) is 6.61. The Morgan fingerprint density at radius 3 is 2.43 bits per heavy atom. The first kappa shape index (κ1) is 19.8. The summed E-state index contributed by atoms with van der Waals surface area (Å²) >= 11 is 0. The molecule has 5 heteroatoms. The van der Waals surface area contributed by atoms with E-state index in [9.17, 15) is 4.79 Å². The first-order valence-electron chi connectivity index (χ1n) is 9.63. The predicted molar refractivity (Wildman–Crippen MR) is 110 cm³/mol. The summed E-state index contributed by atoms with van der Waals surface area (Å²) in [5.41, 5.74) is 9.13. The summed E-state index contributed by atoms with van der Waals surface area (Å²) in [7, 11) is 1.83. The van der Waals surface area contributed by atoms with Crippen molar-refractivity contribution in [3.8, 4) is 11.3 Å². The number of hydrogen-bond donors (Lipinski definition) is 1. The standard InChI is InChI=1S/C23H27N3O2/c1-17(22(24)19-12-7-4-8-13-19)23(27)26(2)15-9-14-20-16-21(25-28-20)18-10-5-3-6-11-18/h3-8,10-13,16-17,22H,9,14-15,24H2,1-2H3. The highest BCUT2D eigenvalue weighted by molar-refractivity contribution is 5.79. The van der Waals surface area contributed by atoms with Crippen LogP contribution in [0.15, 0.2) is 71.3 Å². The quantitative estimate of drug-likeness (QED) is 0.642. The number of rotatable bonds is 8. The molecular weight excluding hydrogens is 350 g/mol. The third kappa shape index (κ3) is 4.87. The van der Waals surface area contributed by atoms with Gasteiger partial charge in [0.25, 0.3) is 0 Å². The van der Waals surface area contributed by atoms with Gasteiger partial charge in [-0.05, 0) is 12.0 Å². The van der Waals surface area contributed by atoms with E-state index in [1.54, 1.807) is 4.90 Å². The van der Waals surface area contributed by atoms with Gasteiger partial charge in [-0.1, -0.05) is 72.7 Å². The van der Waals surface area contributed by atoms with Gasteiger partial charge in [-0.2, -0.15) is 0 Å². The molecule has 0 spiro atoms. The van der Waals surface area contributed by atoms with Crippen molar-refractivity contribution in [3.05, 3.63) is 78.1 Å². The van der Waals surface area contributed by atoms with Gasteiger partial charge in [0.1, 0.15) is 11.5 Å². The molecule has 5 nitrogen and oxygen atoms in total. The molecule has 1 aromatic heterocycles. The van der Waals surface area contributed by atoms with Crippen LogP contribution >= 0.6 is 0 Å². The van der Waals surface area contributed by atoms with Gasteiger partial charge in [0.2, 0.25) is 5.91 Å². The Morgan fingerprint density at radius 1 is 1.11 bits per heavy atom. The van der Waals surface area contributed by atoms with Gasteiger partial charge in [-0.15, -0.1) is 0 Å². The topological polar surface area (TPSA) is 72.4 Å². The maximum absolute atomic E-state index is 12.7. The number of carbonyl (C=O) groups is 1. The van der Waals surface area contributed by atoms with E-state index in [0.29, 0.717) is 6.54 Å². The van der Waals surface area contributed by atoms with Crippen LogP contribution < -0.4 is 5.73 Å². The van der Waals surface area contributed by atoms with Crippen molar-refractivity contribution >= 4 is 5.91 Å². The van der Waals surface area contributed by atoms with Gasteiger partial charge in [0.05, 0.1) is 5.92 Å². The number of benzene rings is 2. The van der Waals surface area contributed by atoms with Crippen LogP contribution in [0.3, 0.4) is 0 Å². The van der Waals surface area contributed by atoms with Crippen LogP contribution in [0, 0.1) is 5.92 Å². The lowest BCUT2D eigenvalue weighted by molar-refractivity contribution is -0.134. The summed E-state index contributed by atoms with van der Waals surface area (Å²) in [6, 6.07) is 21.3. The van der Waals surface area contributed by atoms with Crippen LogP contribution in [0.25, 0.3) is 11.3 Å². The van der Waals surface area contributed by atoms with Gasteiger partial charge in [-0.3, -0.25) is 4.79 Å². The number of hydrogen-bond acceptors (Lipinski definition) is 4. The molecule has 1 amide bonds. The Labute approximate surface area is 166 Å². The van der Waals surface area contributed by atoms with E-state index in [4.69, 9.17) is 10.3 Å². The maximum atomic E-state index is 12.7. The lowest BCUT2D eigenvalue weighted by Crippen LogP contribution is -2.37. The van der Waals surface area contributed by atoms with Crippen molar-refractivity contribution in [3.63, 3.8) is 0 Å². The van der Waals surface area contributed by atoms with E-state index >= 15 is 0 Å². The lowest BCUT2D eigenvalue weighted by atomic mass is 9.94. The molecule has 0 saturated carbocycles. The molecule has 146 valence electrons. The van der Waals surface area contributed by atoms with Gasteiger partial charge in [0.15, 0.2) is 0 Å². The molecule has 3 aromatic rings. The van der Waals surface area contributed by atoms with E-state index in [-0.39, 0.29) is 17.9 Å². The largest absolute Gasteiger partial charge is 0.361 e. The number of aromatic nitrogens is 1. The van der Waals surface area contributed by atoms with Gasteiger partial charge < -0.3 is 15.2 Å². The molecule has 0 aliphatic carbocycles. The maximum Gasteiger partial charge on any atom is 0.227 e. The van der Waals surface area contributed by atoms with Crippen LogP contribution in [0.2, 0.25) is 0 Å². The minimum atomic E-state index is -0.307. The van der Waals surface area contributed by atoms with Gasteiger partial charge >= 0.3 is 0 Å². The second kappa shape index (κ2) is 9.33. The molecule has 3 rings (SSSR count). The molecule has 2 aromatic carbocycles. The third-order valence-electron chi connectivity index (χ3n) is 5.03. The van der Waals surface area contributed by atoms with E-state index in [0.717, 1.165) is 35.4 Å². The first-order chi connectivity index (χ1) is 13.6. The van der Waals surface area contributed by atoms with Crippen LogP contribution in [0.4, 0.5) is 0 Å². The SMILES string of the molecule is CC(C(=O)N(C)CCCc1cc(-c2ccccc2)no1)C(N)c1ccccc1. The molecule has 0 aliphatic rings. The molecule has 1 heterocycles. The monoisotopic (exact) mass is 377 g/mol. The van der Waals surface area contributed by atoms with Crippen molar-refractivity contribution < 1.29 is 9.32 Å². The summed E-state index contributed by atoms with van der Waals surface area (Å²) in [5, 5.41) is 4.13. The van der Waals surface area contributed by atoms with Crippen molar-refractivity contribution in [2.24, 2.45) is 11.7 Å². The van der Waals surface area contributed by atoms with Gasteiger partial charge in [0, 0.05) is 37.7 Å². The summed E-state index contributed by atoms with van der Waals surface area (Å²) in [6.07, 6.45) is 1.54. The zero-order chi connectivity index (χ0) is 19.9. The normalized spacial score (nSPS) is 13.1. The smallest absolute Gasteiger partial charge is 0.227 e. The molecule has 0 saturated heterocycles. The van der Waals surface area contributed by atoms with Crippen LogP contribution in [-0.2, 0) is 11.2 Å². The highest BCUT2D eigenvalue weighted by Crippen LogP contribution is 2.22. The molecule has 2 N–H and O–H groups in total. The van der Waals surface area contributed by atoms with Crippen LogP contribution in [0.1, 0.15) is 30.7 Å². The molecule has 0 radical (unpaired) electrons. The van der Waals surface area contributed by atoms with Gasteiger partial charge in [-0.25, -0.2) is 0 Å². The Morgan fingerprint density at radius 2 is 1.75 bits per heavy atom. The molecule has 0 aliphatic heterocycles. The summed E-state index contributed by atoms with van der Waals surface area (Å²) in [6.45, 7) is 2.53. The number of amides is 1. The predicted octanol–water partition coefficient (Wildman–Crippen LogP) is 4.07. The van der Waals surface area contributed by atoms with Crippen molar-refractivity contribution in [1.82, 2.24) is 10.1 Å². The Balaban J connectivity index is 1.49. The second-order valence-corrected chi connectivity index (χ2v) is 7.13. The average molecular weight is 377 g/mol. The second-order valence-electron chi connectivity index (χ2n) is 7.13. The summed E-state index contributed by atoms with van der Waals surface area (Å²) < 4.78 is 5.43. The molecule has 28 heavy (non-hydrogen) atoms. The number of carbonyl (C=O) groups excluding carboxylic acids is 1. The number of aryl methyl sites for hydroxylation is 1. The molecular formula is C23H27N3O2. The van der Waals surface area contributed by atoms with E-state index in [1.807, 2.05) is 80.7 Å². The number of nitrogens with zero attached hydrogens (tertiary/aromatic N) is 2.